The maximum Gasteiger partial charge on any atom is 0.185 e. The van der Waals surface area contributed by atoms with Gasteiger partial charge in [-0.25, -0.2) is 0 Å². The van der Waals surface area contributed by atoms with Gasteiger partial charge < -0.3 is 4.43 Å². The molecule has 1 aliphatic carbocycles. The van der Waals surface area contributed by atoms with Crippen molar-refractivity contribution in [1.29, 1.82) is 0 Å². The number of terminal acetylenes is 1. The van der Waals surface area contributed by atoms with Gasteiger partial charge in [0, 0.05) is 0 Å². The average molecular weight is 208 g/mol. The second-order valence-electron chi connectivity index (χ2n) is 5.10. The van der Waals surface area contributed by atoms with Gasteiger partial charge in [-0.3, -0.25) is 0 Å². The molecule has 1 aliphatic rings. The number of hydrogen-bond donors (Lipinski definition) is 0. The van der Waals surface area contributed by atoms with Gasteiger partial charge in [0.25, 0.3) is 0 Å². The summed E-state index contributed by atoms with van der Waals surface area (Å²) in [6.07, 6.45) is 9.56. The van der Waals surface area contributed by atoms with Crippen LogP contribution in [0, 0.1) is 12.3 Å². The van der Waals surface area contributed by atoms with E-state index < -0.39 is 8.32 Å². The van der Waals surface area contributed by atoms with E-state index in [0.29, 0.717) is 0 Å². The van der Waals surface area contributed by atoms with E-state index in [1.807, 2.05) is 0 Å². The summed E-state index contributed by atoms with van der Waals surface area (Å²) in [4.78, 5) is 0. The molecular weight excluding hydrogens is 188 g/mol. The number of rotatable bonds is 2. The van der Waals surface area contributed by atoms with Crippen LogP contribution in [0.3, 0.4) is 0 Å². The summed E-state index contributed by atoms with van der Waals surface area (Å²) in [5.41, 5.74) is 1.03. The lowest BCUT2D eigenvalue weighted by molar-refractivity contribution is 0.0919. The molecule has 0 aliphatic heterocycles. The first kappa shape index (κ1) is 11.6. The molecule has 0 bridgehead atoms. The molecule has 0 radical (unpaired) electrons. The zero-order valence-corrected chi connectivity index (χ0v) is 10.5. The standard InChI is InChI=1S/C12H20OSi/c1-6-12(13-14(3,4)5)9-7-11(2)8-10-12/h1H,2,7-10H2,3-5H3. The molecular formula is C12H20OSi. The van der Waals surface area contributed by atoms with Crippen LogP contribution in [0.5, 0.6) is 0 Å². The molecule has 0 aromatic heterocycles. The Morgan fingerprint density at radius 2 is 1.86 bits per heavy atom. The van der Waals surface area contributed by atoms with Crippen LogP contribution >= 0.6 is 0 Å². The molecule has 1 saturated carbocycles. The molecule has 0 atom stereocenters. The quantitative estimate of drug-likeness (QED) is 0.384. The molecule has 1 nitrogen and oxygen atoms in total. The predicted molar refractivity (Wildman–Crippen MR) is 63.6 cm³/mol. The topological polar surface area (TPSA) is 9.23 Å². The highest BCUT2D eigenvalue weighted by molar-refractivity contribution is 6.69. The van der Waals surface area contributed by atoms with Crippen LogP contribution in [0.15, 0.2) is 12.2 Å². The highest BCUT2D eigenvalue weighted by Gasteiger charge is 2.36. The zero-order chi connectivity index (χ0) is 10.8. The smallest absolute Gasteiger partial charge is 0.185 e. The van der Waals surface area contributed by atoms with Gasteiger partial charge in [-0.1, -0.05) is 18.1 Å². The Labute approximate surface area is 88.7 Å². The average Bonchev–Trinajstić information content (AvgIpc) is 2.07. The number of hydrogen-bond acceptors (Lipinski definition) is 1. The van der Waals surface area contributed by atoms with Crippen LogP contribution in [0.1, 0.15) is 25.7 Å². The first-order valence-electron chi connectivity index (χ1n) is 5.21. The molecule has 0 aromatic carbocycles. The van der Waals surface area contributed by atoms with E-state index in [4.69, 9.17) is 10.8 Å². The summed E-state index contributed by atoms with van der Waals surface area (Å²) in [5, 5.41) is 0. The molecule has 0 spiro atoms. The first-order valence-corrected chi connectivity index (χ1v) is 8.62. The predicted octanol–water partition coefficient (Wildman–Crippen LogP) is 3.34. The van der Waals surface area contributed by atoms with Gasteiger partial charge in [0.15, 0.2) is 8.32 Å². The minimum atomic E-state index is -1.53. The molecule has 78 valence electrons. The maximum atomic E-state index is 6.13. The molecule has 2 heteroatoms. The van der Waals surface area contributed by atoms with Crippen LogP contribution in [-0.4, -0.2) is 13.9 Å². The van der Waals surface area contributed by atoms with E-state index in [1.165, 1.54) is 5.57 Å². The van der Waals surface area contributed by atoms with Crippen LogP contribution in [0.2, 0.25) is 19.6 Å². The molecule has 1 fully saturated rings. The van der Waals surface area contributed by atoms with Crippen molar-refractivity contribution in [3.63, 3.8) is 0 Å². The van der Waals surface area contributed by atoms with E-state index in [-0.39, 0.29) is 5.60 Å². The first-order chi connectivity index (χ1) is 6.37. The van der Waals surface area contributed by atoms with Crippen molar-refractivity contribution < 1.29 is 4.43 Å². The van der Waals surface area contributed by atoms with E-state index in [0.717, 1.165) is 25.7 Å². The molecule has 0 heterocycles. The number of allylic oxidation sites excluding steroid dienone is 1. The van der Waals surface area contributed by atoms with Crippen molar-refractivity contribution in [2.24, 2.45) is 0 Å². The van der Waals surface area contributed by atoms with Crippen molar-refractivity contribution in [1.82, 2.24) is 0 Å². The lowest BCUT2D eigenvalue weighted by Crippen LogP contribution is -2.43. The molecule has 1 rings (SSSR count). The lowest BCUT2D eigenvalue weighted by atomic mass is 9.83. The summed E-state index contributed by atoms with van der Waals surface area (Å²) in [6, 6.07) is 0. The fourth-order valence-corrected chi connectivity index (χ4v) is 3.30. The molecule has 14 heavy (non-hydrogen) atoms. The third kappa shape index (κ3) is 3.00. The minimum absolute atomic E-state index is 0.286. The SMILES string of the molecule is C#CC1(O[Si](C)(C)C)CCC(=C)CC1. The molecule has 0 unspecified atom stereocenters. The van der Waals surface area contributed by atoms with Gasteiger partial charge in [-0.15, -0.1) is 6.42 Å². The van der Waals surface area contributed by atoms with Gasteiger partial charge in [-0.2, -0.15) is 0 Å². The van der Waals surface area contributed by atoms with Crippen LogP contribution in [0.25, 0.3) is 0 Å². The minimum Gasteiger partial charge on any atom is -0.402 e. The van der Waals surface area contributed by atoms with Gasteiger partial charge in [0.1, 0.15) is 5.60 Å². The van der Waals surface area contributed by atoms with E-state index in [2.05, 4.69) is 32.1 Å². The normalized spacial score (nSPS) is 21.7. The lowest BCUT2D eigenvalue weighted by Gasteiger charge is -2.38. The van der Waals surface area contributed by atoms with Crippen molar-refractivity contribution in [3.8, 4) is 12.3 Å². The second kappa shape index (κ2) is 3.92. The summed E-state index contributed by atoms with van der Waals surface area (Å²) >= 11 is 0. The fourth-order valence-electron chi connectivity index (χ4n) is 1.87. The Morgan fingerprint density at radius 3 is 2.21 bits per heavy atom. The maximum absolute atomic E-state index is 6.13. The molecule has 0 saturated heterocycles. The summed E-state index contributed by atoms with van der Waals surface area (Å²) in [5.74, 6) is 2.87. The van der Waals surface area contributed by atoms with Crippen LogP contribution in [-0.2, 0) is 4.43 Å². The van der Waals surface area contributed by atoms with Gasteiger partial charge >= 0.3 is 0 Å². The van der Waals surface area contributed by atoms with Gasteiger partial charge in [0.05, 0.1) is 0 Å². The van der Waals surface area contributed by atoms with Crippen LogP contribution < -0.4 is 0 Å². The van der Waals surface area contributed by atoms with Crippen molar-refractivity contribution in [3.05, 3.63) is 12.2 Å². The summed E-state index contributed by atoms with van der Waals surface area (Å²) < 4.78 is 6.13. The highest BCUT2D eigenvalue weighted by atomic mass is 28.4. The Bertz CT molecular complexity index is 257. The third-order valence-corrected chi connectivity index (χ3v) is 3.53. The van der Waals surface area contributed by atoms with E-state index in [1.54, 1.807) is 0 Å². The van der Waals surface area contributed by atoms with E-state index in [9.17, 15) is 0 Å². The van der Waals surface area contributed by atoms with Crippen molar-refractivity contribution in [2.45, 2.75) is 50.9 Å². The van der Waals surface area contributed by atoms with Crippen molar-refractivity contribution in [2.75, 3.05) is 0 Å². The molecule has 0 aromatic rings. The molecule has 0 N–H and O–H groups in total. The highest BCUT2D eigenvalue weighted by Crippen LogP contribution is 2.35. The fraction of sp³-hybridized carbons (Fsp3) is 0.667. The summed E-state index contributed by atoms with van der Waals surface area (Å²) in [7, 11) is -1.53. The van der Waals surface area contributed by atoms with Crippen molar-refractivity contribution >= 4 is 8.32 Å². The Kier molecular flexibility index (Phi) is 3.23. The monoisotopic (exact) mass is 208 g/mol. The van der Waals surface area contributed by atoms with Gasteiger partial charge in [0.2, 0.25) is 0 Å². The Hall–Kier alpha value is -0.523. The van der Waals surface area contributed by atoms with E-state index >= 15 is 0 Å². The zero-order valence-electron chi connectivity index (χ0n) is 9.52. The van der Waals surface area contributed by atoms with Crippen LogP contribution in [0.4, 0.5) is 0 Å². The van der Waals surface area contributed by atoms with Gasteiger partial charge in [-0.05, 0) is 45.3 Å². The third-order valence-electron chi connectivity index (χ3n) is 2.53. The Balaban J connectivity index is 2.70. The Morgan fingerprint density at radius 1 is 1.36 bits per heavy atom. The largest absolute Gasteiger partial charge is 0.402 e. The summed E-state index contributed by atoms with van der Waals surface area (Å²) in [6.45, 7) is 10.6. The second-order valence-corrected chi connectivity index (χ2v) is 9.53. The molecule has 0 amide bonds.